The summed E-state index contributed by atoms with van der Waals surface area (Å²) in [5, 5.41) is 2.42. The third kappa shape index (κ3) is 4.76. The second-order valence-electron chi connectivity index (χ2n) is 4.59. The number of halogens is 1. The van der Waals surface area contributed by atoms with Crippen molar-refractivity contribution in [3.8, 4) is 0 Å². The van der Waals surface area contributed by atoms with E-state index in [-0.39, 0.29) is 17.3 Å². The zero-order chi connectivity index (χ0) is 16.9. The zero-order valence-electron chi connectivity index (χ0n) is 12.2. The molecule has 2 aromatic carbocycles. The maximum absolute atomic E-state index is 12.8. The lowest BCUT2D eigenvalue weighted by molar-refractivity contribution is 0.187. The van der Waals surface area contributed by atoms with E-state index >= 15 is 0 Å². The summed E-state index contributed by atoms with van der Waals surface area (Å²) in [4.78, 5) is 11.1. The van der Waals surface area contributed by atoms with Gasteiger partial charge in [0.05, 0.1) is 12.0 Å². The molecule has 2 aromatic rings. The van der Waals surface area contributed by atoms with Gasteiger partial charge in [0.25, 0.3) is 0 Å². The fraction of sp³-hybridized carbons (Fsp3) is 0.133. The van der Waals surface area contributed by atoms with E-state index in [4.69, 9.17) is 0 Å². The van der Waals surface area contributed by atoms with Crippen molar-refractivity contribution in [2.75, 3.05) is 12.4 Å². The van der Waals surface area contributed by atoms with E-state index in [2.05, 4.69) is 14.8 Å². The summed E-state index contributed by atoms with van der Waals surface area (Å²) in [6, 6.07) is 11.1. The number of hydrogen-bond acceptors (Lipinski definition) is 4. The topological polar surface area (TPSA) is 84.5 Å². The van der Waals surface area contributed by atoms with Crippen molar-refractivity contribution in [2.45, 2.75) is 11.4 Å². The van der Waals surface area contributed by atoms with Gasteiger partial charge in [0.15, 0.2) is 0 Å². The average molecular weight is 338 g/mol. The van der Waals surface area contributed by atoms with Gasteiger partial charge in [0.2, 0.25) is 10.0 Å². The number of nitrogens with one attached hydrogen (secondary N) is 2. The molecule has 122 valence electrons. The van der Waals surface area contributed by atoms with Crippen LogP contribution in [0.5, 0.6) is 0 Å². The normalized spacial score (nSPS) is 11.0. The van der Waals surface area contributed by atoms with Crippen LogP contribution in [0.4, 0.5) is 14.9 Å². The lowest BCUT2D eigenvalue weighted by atomic mass is 10.2. The Bertz CT molecular complexity index is 774. The van der Waals surface area contributed by atoms with Crippen molar-refractivity contribution < 1.29 is 22.3 Å². The molecule has 0 fully saturated rings. The number of methoxy groups -OCH3 is 1. The molecule has 0 radical (unpaired) electrons. The average Bonchev–Trinajstić information content (AvgIpc) is 2.55. The molecule has 23 heavy (non-hydrogen) atoms. The summed E-state index contributed by atoms with van der Waals surface area (Å²) in [6.45, 7) is 0.0464. The Morgan fingerprint density at radius 2 is 1.70 bits per heavy atom. The van der Waals surface area contributed by atoms with Crippen molar-refractivity contribution in [1.29, 1.82) is 0 Å². The van der Waals surface area contributed by atoms with Gasteiger partial charge in [-0.25, -0.2) is 22.3 Å². The van der Waals surface area contributed by atoms with Crippen LogP contribution in [0.25, 0.3) is 0 Å². The minimum Gasteiger partial charge on any atom is -0.453 e. The van der Waals surface area contributed by atoms with E-state index in [0.29, 0.717) is 11.3 Å². The van der Waals surface area contributed by atoms with Crippen LogP contribution in [0.1, 0.15) is 5.56 Å². The van der Waals surface area contributed by atoms with E-state index in [1.807, 2.05) is 0 Å². The first kappa shape index (κ1) is 16.9. The summed E-state index contributed by atoms with van der Waals surface area (Å²) in [7, 11) is -2.48. The van der Waals surface area contributed by atoms with Gasteiger partial charge in [-0.15, -0.1) is 0 Å². The Hall–Kier alpha value is -2.45. The zero-order valence-corrected chi connectivity index (χ0v) is 13.1. The lowest BCUT2D eigenvalue weighted by Gasteiger charge is -2.08. The molecule has 0 bridgehead atoms. The second kappa shape index (κ2) is 7.21. The number of amides is 1. The molecule has 2 rings (SSSR count). The fourth-order valence-corrected chi connectivity index (χ4v) is 2.77. The molecular formula is C15H15FN2O4S. The fourth-order valence-electron chi connectivity index (χ4n) is 1.75. The van der Waals surface area contributed by atoms with Crippen molar-refractivity contribution in [3.63, 3.8) is 0 Å². The molecule has 6 nitrogen and oxygen atoms in total. The molecule has 0 atom stereocenters. The highest BCUT2D eigenvalue weighted by Crippen LogP contribution is 2.14. The summed E-state index contributed by atoms with van der Waals surface area (Å²) in [6.07, 6.45) is -0.643. The summed E-state index contributed by atoms with van der Waals surface area (Å²) in [5.74, 6) is -0.384. The molecule has 0 aliphatic carbocycles. The first-order chi connectivity index (χ1) is 10.9. The van der Waals surface area contributed by atoms with Crippen LogP contribution in [0, 0.1) is 5.82 Å². The molecule has 0 aromatic heterocycles. The van der Waals surface area contributed by atoms with E-state index in [0.717, 1.165) is 0 Å². The second-order valence-corrected chi connectivity index (χ2v) is 6.36. The Morgan fingerprint density at radius 1 is 1.09 bits per heavy atom. The van der Waals surface area contributed by atoms with Crippen molar-refractivity contribution >= 4 is 21.8 Å². The monoisotopic (exact) mass is 338 g/mol. The number of carbonyl (C=O) groups excluding carboxylic acids is 1. The van der Waals surface area contributed by atoms with Gasteiger partial charge in [-0.3, -0.25) is 5.32 Å². The summed E-state index contributed by atoms with van der Waals surface area (Å²) >= 11 is 0. The first-order valence-electron chi connectivity index (χ1n) is 6.60. The van der Waals surface area contributed by atoms with Gasteiger partial charge >= 0.3 is 6.09 Å². The quantitative estimate of drug-likeness (QED) is 0.877. The van der Waals surface area contributed by atoms with Crippen LogP contribution in [0.3, 0.4) is 0 Å². The van der Waals surface area contributed by atoms with E-state index < -0.39 is 16.1 Å². The van der Waals surface area contributed by atoms with Crippen LogP contribution in [-0.2, 0) is 21.3 Å². The third-order valence-corrected chi connectivity index (χ3v) is 4.39. The highest BCUT2D eigenvalue weighted by atomic mass is 32.2. The summed E-state index contributed by atoms with van der Waals surface area (Å²) < 4.78 is 44.0. The number of ether oxygens (including phenoxy) is 1. The number of sulfonamides is 1. The standard InChI is InChI=1S/C15H15FN2O4S/c1-22-15(19)18-13-6-8-14(9-7-13)23(20,21)17-10-11-2-4-12(16)5-3-11/h2-9,17H,10H2,1H3,(H,18,19). The van der Waals surface area contributed by atoms with Gasteiger partial charge in [-0.1, -0.05) is 12.1 Å². The predicted molar refractivity (Wildman–Crippen MR) is 82.9 cm³/mol. The maximum Gasteiger partial charge on any atom is 0.411 e. The molecule has 2 N–H and O–H groups in total. The van der Waals surface area contributed by atoms with Gasteiger partial charge in [0, 0.05) is 12.2 Å². The Morgan fingerprint density at radius 3 is 2.26 bits per heavy atom. The van der Waals surface area contributed by atoms with E-state index in [1.54, 1.807) is 0 Å². The largest absolute Gasteiger partial charge is 0.453 e. The maximum atomic E-state index is 12.8. The van der Waals surface area contributed by atoms with Crippen molar-refractivity contribution in [3.05, 3.63) is 59.9 Å². The van der Waals surface area contributed by atoms with Crippen LogP contribution >= 0.6 is 0 Å². The molecule has 0 heterocycles. The van der Waals surface area contributed by atoms with Crippen LogP contribution in [0.15, 0.2) is 53.4 Å². The number of rotatable bonds is 5. The van der Waals surface area contributed by atoms with E-state index in [1.165, 1.54) is 55.6 Å². The molecule has 0 saturated heterocycles. The minimum absolute atomic E-state index is 0.0464. The van der Waals surface area contributed by atoms with Crippen LogP contribution in [-0.4, -0.2) is 21.6 Å². The van der Waals surface area contributed by atoms with E-state index in [9.17, 15) is 17.6 Å². The SMILES string of the molecule is COC(=O)Nc1ccc(S(=O)(=O)NCc2ccc(F)cc2)cc1. The number of carbonyl (C=O) groups is 1. The lowest BCUT2D eigenvalue weighted by Crippen LogP contribution is -2.23. The minimum atomic E-state index is -3.71. The van der Waals surface area contributed by atoms with Crippen LogP contribution < -0.4 is 10.0 Å². The smallest absolute Gasteiger partial charge is 0.411 e. The van der Waals surface area contributed by atoms with Gasteiger partial charge in [-0.2, -0.15) is 0 Å². The number of hydrogen-bond donors (Lipinski definition) is 2. The van der Waals surface area contributed by atoms with Gasteiger partial charge in [-0.05, 0) is 42.0 Å². The highest BCUT2D eigenvalue weighted by Gasteiger charge is 2.13. The molecule has 8 heteroatoms. The first-order valence-corrected chi connectivity index (χ1v) is 8.08. The number of benzene rings is 2. The molecule has 0 spiro atoms. The molecule has 0 aliphatic rings. The van der Waals surface area contributed by atoms with Gasteiger partial charge < -0.3 is 4.74 Å². The molecule has 1 amide bonds. The molecule has 0 saturated carbocycles. The van der Waals surface area contributed by atoms with Crippen molar-refractivity contribution in [2.24, 2.45) is 0 Å². The third-order valence-electron chi connectivity index (χ3n) is 2.98. The molecular weight excluding hydrogens is 323 g/mol. The summed E-state index contributed by atoms with van der Waals surface area (Å²) in [5.41, 5.74) is 1.05. The highest BCUT2D eigenvalue weighted by molar-refractivity contribution is 7.89. The predicted octanol–water partition coefficient (Wildman–Crippen LogP) is 2.48. The van der Waals surface area contributed by atoms with Gasteiger partial charge in [0.1, 0.15) is 5.82 Å². The molecule has 0 unspecified atom stereocenters. The Balaban J connectivity index is 2.04. The molecule has 0 aliphatic heterocycles. The number of anilines is 1. The van der Waals surface area contributed by atoms with Crippen molar-refractivity contribution in [1.82, 2.24) is 4.72 Å². The van der Waals surface area contributed by atoms with Crippen LogP contribution in [0.2, 0.25) is 0 Å². The Kier molecular flexibility index (Phi) is 5.30. The Labute approximate surface area is 133 Å².